The van der Waals surface area contributed by atoms with Crippen molar-refractivity contribution in [2.75, 3.05) is 5.43 Å². The molecule has 0 bridgehead atoms. The SMILES string of the molecule is Cc1nn(-c2ccc([N+](=O)[O-])cc2)c2ncnc(N/N=C/c3ccccc3O)c12. The van der Waals surface area contributed by atoms with Crippen molar-refractivity contribution in [3.05, 3.63) is 76.2 Å². The van der Waals surface area contributed by atoms with Gasteiger partial charge in [-0.15, -0.1) is 0 Å². The predicted molar refractivity (Wildman–Crippen MR) is 107 cm³/mol. The fourth-order valence-corrected chi connectivity index (χ4v) is 2.86. The summed E-state index contributed by atoms with van der Waals surface area (Å²) in [5.74, 6) is 0.570. The monoisotopic (exact) mass is 389 g/mol. The van der Waals surface area contributed by atoms with Crippen LogP contribution in [0.3, 0.4) is 0 Å². The Morgan fingerprint density at radius 2 is 1.93 bits per heavy atom. The normalized spacial score (nSPS) is 11.2. The zero-order chi connectivity index (χ0) is 20.4. The van der Waals surface area contributed by atoms with Gasteiger partial charge >= 0.3 is 0 Å². The first-order valence-electron chi connectivity index (χ1n) is 8.57. The number of benzene rings is 2. The topological polar surface area (TPSA) is 131 Å². The highest BCUT2D eigenvalue weighted by molar-refractivity contribution is 5.91. The third-order valence-electron chi connectivity index (χ3n) is 4.26. The molecule has 0 atom stereocenters. The van der Waals surface area contributed by atoms with Gasteiger partial charge in [-0.05, 0) is 31.2 Å². The second kappa shape index (κ2) is 7.35. The van der Waals surface area contributed by atoms with Gasteiger partial charge in [0, 0.05) is 17.7 Å². The van der Waals surface area contributed by atoms with Gasteiger partial charge in [0.25, 0.3) is 5.69 Å². The maximum Gasteiger partial charge on any atom is 0.269 e. The Bertz CT molecular complexity index is 1230. The summed E-state index contributed by atoms with van der Waals surface area (Å²) >= 11 is 0. The van der Waals surface area contributed by atoms with Gasteiger partial charge in [0.15, 0.2) is 11.5 Å². The van der Waals surface area contributed by atoms with Crippen molar-refractivity contribution >= 4 is 28.8 Å². The van der Waals surface area contributed by atoms with Gasteiger partial charge < -0.3 is 5.11 Å². The van der Waals surface area contributed by atoms with Gasteiger partial charge in [-0.1, -0.05) is 12.1 Å². The van der Waals surface area contributed by atoms with E-state index in [1.807, 2.05) is 6.92 Å². The summed E-state index contributed by atoms with van der Waals surface area (Å²) in [5.41, 5.74) is 5.25. The number of para-hydroxylation sites is 1. The number of nitro benzene ring substituents is 1. The summed E-state index contributed by atoms with van der Waals surface area (Å²) in [6.07, 6.45) is 2.86. The first-order chi connectivity index (χ1) is 14.0. The highest BCUT2D eigenvalue weighted by atomic mass is 16.6. The van der Waals surface area contributed by atoms with E-state index in [0.717, 1.165) is 0 Å². The molecule has 10 heteroatoms. The smallest absolute Gasteiger partial charge is 0.269 e. The highest BCUT2D eigenvalue weighted by Gasteiger charge is 2.15. The first-order valence-corrected chi connectivity index (χ1v) is 8.57. The molecule has 144 valence electrons. The standard InChI is InChI=1S/C19H15N7O3/c1-12-17-18(23-22-10-13-4-2-3-5-16(13)27)20-11-21-19(17)25(24-12)14-6-8-15(9-7-14)26(28)29/h2-11,27H,1H3,(H,20,21,23)/b22-10+. The molecule has 0 fully saturated rings. The Morgan fingerprint density at radius 1 is 1.17 bits per heavy atom. The van der Waals surface area contributed by atoms with Crippen LogP contribution in [0, 0.1) is 17.0 Å². The minimum absolute atomic E-state index is 0.00239. The maximum absolute atomic E-state index is 10.9. The first kappa shape index (κ1) is 18.0. The Balaban J connectivity index is 1.69. The Labute approximate surface area is 164 Å². The van der Waals surface area contributed by atoms with Crippen molar-refractivity contribution in [2.24, 2.45) is 5.10 Å². The summed E-state index contributed by atoms with van der Waals surface area (Å²) in [6, 6.07) is 12.9. The number of hydrogen-bond donors (Lipinski definition) is 2. The van der Waals surface area contributed by atoms with Crippen molar-refractivity contribution in [3.63, 3.8) is 0 Å². The molecule has 0 amide bonds. The zero-order valence-electron chi connectivity index (χ0n) is 15.2. The average Bonchev–Trinajstić information content (AvgIpc) is 3.07. The third kappa shape index (κ3) is 3.46. The van der Waals surface area contributed by atoms with E-state index in [4.69, 9.17) is 0 Å². The Kier molecular flexibility index (Phi) is 4.57. The molecule has 0 spiro atoms. The van der Waals surface area contributed by atoms with Crippen molar-refractivity contribution in [1.82, 2.24) is 19.7 Å². The molecule has 4 aromatic rings. The van der Waals surface area contributed by atoms with Crippen molar-refractivity contribution in [3.8, 4) is 11.4 Å². The molecule has 0 radical (unpaired) electrons. The van der Waals surface area contributed by atoms with E-state index in [2.05, 4.69) is 25.6 Å². The molecule has 0 saturated heterocycles. The molecular weight excluding hydrogens is 374 g/mol. The van der Waals surface area contributed by atoms with E-state index in [-0.39, 0.29) is 11.4 Å². The van der Waals surface area contributed by atoms with Gasteiger partial charge in [-0.3, -0.25) is 15.5 Å². The lowest BCUT2D eigenvalue weighted by Crippen LogP contribution is -2.00. The molecule has 0 aliphatic heterocycles. The Morgan fingerprint density at radius 3 is 2.66 bits per heavy atom. The van der Waals surface area contributed by atoms with Crippen LogP contribution in [0.5, 0.6) is 5.75 Å². The number of aromatic nitrogens is 4. The minimum Gasteiger partial charge on any atom is -0.507 e. The molecule has 0 aliphatic rings. The zero-order valence-corrected chi connectivity index (χ0v) is 15.2. The van der Waals surface area contributed by atoms with Gasteiger partial charge in [0.2, 0.25) is 0 Å². The number of phenolic OH excluding ortho intramolecular Hbond substituents is 1. The number of nitrogens with one attached hydrogen (secondary N) is 1. The van der Waals surface area contributed by atoms with Crippen LogP contribution in [0.25, 0.3) is 16.7 Å². The second-order valence-corrected chi connectivity index (χ2v) is 6.12. The van der Waals surface area contributed by atoms with Crippen molar-refractivity contribution < 1.29 is 10.0 Å². The van der Waals surface area contributed by atoms with Crippen LogP contribution in [0.2, 0.25) is 0 Å². The number of hydrazone groups is 1. The molecule has 0 aliphatic carbocycles. The molecule has 2 N–H and O–H groups in total. The number of phenols is 1. The maximum atomic E-state index is 10.9. The quantitative estimate of drug-likeness (QED) is 0.304. The van der Waals surface area contributed by atoms with Crippen LogP contribution >= 0.6 is 0 Å². The highest BCUT2D eigenvalue weighted by Crippen LogP contribution is 2.26. The third-order valence-corrected chi connectivity index (χ3v) is 4.26. The summed E-state index contributed by atoms with van der Waals surface area (Å²) in [7, 11) is 0. The van der Waals surface area contributed by atoms with E-state index in [0.29, 0.717) is 33.8 Å². The van der Waals surface area contributed by atoms with Crippen molar-refractivity contribution in [2.45, 2.75) is 6.92 Å². The van der Waals surface area contributed by atoms with E-state index < -0.39 is 4.92 Å². The number of anilines is 1. The number of fused-ring (bicyclic) bond motifs is 1. The van der Waals surface area contributed by atoms with Crippen LogP contribution < -0.4 is 5.43 Å². The summed E-state index contributed by atoms with van der Waals surface area (Å²) < 4.78 is 1.59. The Hall–Kier alpha value is -4.34. The number of aromatic hydroxyl groups is 1. The molecule has 2 aromatic heterocycles. The summed E-state index contributed by atoms with van der Waals surface area (Å²) in [6.45, 7) is 1.81. The molecule has 2 heterocycles. The second-order valence-electron chi connectivity index (χ2n) is 6.12. The van der Waals surface area contributed by atoms with Crippen LogP contribution in [0.4, 0.5) is 11.5 Å². The number of nitrogens with zero attached hydrogens (tertiary/aromatic N) is 6. The largest absolute Gasteiger partial charge is 0.507 e. The fraction of sp³-hybridized carbons (Fsp3) is 0.0526. The molecular formula is C19H15N7O3. The van der Waals surface area contributed by atoms with Gasteiger partial charge in [-0.25, -0.2) is 14.6 Å². The van der Waals surface area contributed by atoms with E-state index >= 15 is 0 Å². The van der Waals surface area contributed by atoms with Crippen LogP contribution in [-0.2, 0) is 0 Å². The van der Waals surface area contributed by atoms with Crippen molar-refractivity contribution in [1.29, 1.82) is 0 Å². The van der Waals surface area contributed by atoms with Crippen LogP contribution in [-0.4, -0.2) is 36.0 Å². The van der Waals surface area contributed by atoms with Gasteiger partial charge in [0.1, 0.15) is 12.1 Å². The number of nitro groups is 1. The lowest BCUT2D eigenvalue weighted by Gasteiger charge is -2.04. The van der Waals surface area contributed by atoms with Crippen LogP contribution in [0.15, 0.2) is 60.0 Å². The fourth-order valence-electron chi connectivity index (χ4n) is 2.86. The summed E-state index contributed by atoms with van der Waals surface area (Å²) in [4.78, 5) is 18.9. The molecule has 10 nitrogen and oxygen atoms in total. The minimum atomic E-state index is -0.455. The molecule has 29 heavy (non-hydrogen) atoms. The number of aryl methyl sites for hydroxylation is 1. The van der Waals surface area contributed by atoms with E-state index in [9.17, 15) is 15.2 Å². The van der Waals surface area contributed by atoms with Gasteiger partial charge in [0.05, 0.1) is 27.9 Å². The van der Waals surface area contributed by atoms with Crippen LogP contribution in [0.1, 0.15) is 11.3 Å². The molecule has 4 rings (SSSR count). The predicted octanol–water partition coefficient (Wildman–Crippen LogP) is 3.18. The number of rotatable bonds is 5. The van der Waals surface area contributed by atoms with Gasteiger partial charge in [-0.2, -0.15) is 10.2 Å². The lowest BCUT2D eigenvalue weighted by atomic mass is 10.2. The average molecular weight is 389 g/mol. The number of hydrogen-bond acceptors (Lipinski definition) is 8. The molecule has 0 unspecified atom stereocenters. The molecule has 0 saturated carbocycles. The molecule has 2 aromatic carbocycles. The van der Waals surface area contributed by atoms with E-state index in [1.165, 1.54) is 24.7 Å². The lowest BCUT2D eigenvalue weighted by molar-refractivity contribution is -0.384. The number of non-ortho nitro benzene ring substituents is 1. The summed E-state index contributed by atoms with van der Waals surface area (Å²) in [5, 5.41) is 30.0. The van der Waals surface area contributed by atoms with E-state index in [1.54, 1.807) is 41.1 Å².